The first kappa shape index (κ1) is 10.2. The Bertz CT molecular complexity index is 612. The van der Waals surface area contributed by atoms with Crippen LogP contribution < -0.4 is 10.1 Å². The van der Waals surface area contributed by atoms with Crippen LogP contribution in [0.3, 0.4) is 0 Å². The maximum atomic E-state index is 5.27. The molecule has 17 heavy (non-hydrogen) atoms. The van der Waals surface area contributed by atoms with E-state index in [-0.39, 0.29) is 0 Å². The Morgan fingerprint density at radius 1 is 1.59 bits per heavy atom. The van der Waals surface area contributed by atoms with Gasteiger partial charge in [0.05, 0.1) is 25.5 Å². The van der Waals surface area contributed by atoms with Crippen LogP contribution in [0.1, 0.15) is 5.69 Å². The summed E-state index contributed by atoms with van der Waals surface area (Å²) in [7, 11) is 1.63. The molecule has 0 bridgehead atoms. The number of imidazole rings is 1. The van der Waals surface area contributed by atoms with Crippen molar-refractivity contribution in [2.75, 3.05) is 12.4 Å². The van der Waals surface area contributed by atoms with Gasteiger partial charge in [0.1, 0.15) is 5.69 Å². The Morgan fingerprint density at radius 3 is 3.29 bits per heavy atom. The first-order valence-corrected chi connectivity index (χ1v) is 5.97. The van der Waals surface area contributed by atoms with E-state index in [2.05, 4.69) is 20.5 Å². The van der Waals surface area contributed by atoms with Crippen molar-refractivity contribution in [1.29, 1.82) is 0 Å². The third-order valence-corrected chi connectivity index (χ3v) is 3.23. The lowest BCUT2D eigenvalue weighted by molar-refractivity contribution is 0.395. The predicted octanol–water partition coefficient (Wildman–Crippen LogP) is 1.74. The number of fused-ring (bicyclic) bond motifs is 1. The molecule has 0 aliphatic rings. The molecule has 0 spiro atoms. The Balaban J connectivity index is 1.89. The minimum atomic E-state index is 0.639. The predicted molar refractivity (Wildman–Crippen MR) is 65.5 cm³/mol. The molecule has 6 nitrogen and oxygen atoms in total. The van der Waals surface area contributed by atoms with Gasteiger partial charge in [-0.15, -0.1) is 11.3 Å². The fourth-order valence-electron chi connectivity index (χ4n) is 1.67. The Hall–Kier alpha value is -2.02. The van der Waals surface area contributed by atoms with Gasteiger partial charge in [-0.1, -0.05) is 0 Å². The lowest BCUT2D eigenvalue weighted by atomic mass is 10.4. The molecule has 3 rings (SSSR count). The summed E-state index contributed by atoms with van der Waals surface area (Å²) < 4.78 is 7.29. The van der Waals surface area contributed by atoms with Crippen molar-refractivity contribution >= 4 is 22.0 Å². The highest BCUT2D eigenvalue weighted by molar-refractivity contribution is 7.15. The molecule has 2 N–H and O–H groups in total. The molecule has 0 amide bonds. The SMILES string of the molecule is COc1nc2sccn2c1CNc1cn[nH]c1. The Kier molecular flexibility index (Phi) is 2.45. The number of thiazole rings is 1. The van der Waals surface area contributed by atoms with Crippen molar-refractivity contribution in [3.05, 3.63) is 29.7 Å². The maximum absolute atomic E-state index is 5.27. The van der Waals surface area contributed by atoms with E-state index in [9.17, 15) is 0 Å². The van der Waals surface area contributed by atoms with Crippen molar-refractivity contribution in [3.8, 4) is 5.88 Å². The van der Waals surface area contributed by atoms with E-state index in [1.807, 2.05) is 16.0 Å². The van der Waals surface area contributed by atoms with E-state index in [0.717, 1.165) is 16.3 Å². The zero-order valence-electron chi connectivity index (χ0n) is 9.17. The third kappa shape index (κ3) is 1.74. The molecule has 0 fully saturated rings. The molecule has 7 heteroatoms. The van der Waals surface area contributed by atoms with Gasteiger partial charge >= 0.3 is 0 Å². The van der Waals surface area contributed by atoms with E-state index in [1.54, 1.807) is 30.8 Å². The van der Waals surface area contributed by atoms with E-state index in [4.69, 9.17) is 4.74 Å². The summed E-state index contributed by atoms with van der Waals surface area (Å²) >= 11 is 1.59. The number of H-pyrrole nitrogens is 1. The van der Waals surface area contributed by atoms with Crippen LogP contribution in [0.2, 0.25) is 0 Å². The fraction of sp³-hybridized carbons (Fsp3) is 0.200. The summed E-state index contributed by atoms with van der Waals surface area (Å²) in [6.07, 6.45) is 5.53. The highest BCUT2D eigenvalue weighted by Crippen LogP contribution is 2.23. The lowest BCUT2D eigenvalue weighted by Crippen LogP contribution is -2.03. The molecule has 0 saturated carbocycles. The molecular weight excluding hydrogens is 238 g/mol. The van der Waals surface area contributed by atoms with Crippen molar-refractivity contribution in [2.45, 2.75) is 6.54 Å². The first-order chi connectivity index (χ1) is 8.38. The zero-order chi connectivity index (χ0) is 11.7. The van der Waals surface area contributed by atoms with Crippen LogP contribution in [0.4, 0.5) is 5.69 Å². The summed E-state index contributed by atoms with van der Waals surface area (Å²) in [6.45, 7) is 0.639. The molecule has 0 aliphatic heterocycles. The van der Waals surface area contributed by atoms with Crippen LogP contribution in [-0.2, 0) is 6.54 Å². The van der Waals surface area contributed by atoms with Crippen LogP contribution in [-0.4, -0.2) is 26.7 Å². The average Bonchev–Trinajstić information content (AvgIpc) is 3.03. The smallest absolute Gasteiger partial charge is 0.238 e. The number of aromatic amines is 1. The summed E-state index contributed by atoms with van der Waals surface area (Å²) in [4.78, 5) is 5.32. The Morgan fingerprint density at radius 2 is 2.53 bits per heavy atom. The van der Waals surface area contributed by atoms with E-state index in [0.29, 0.717) is 12.4 Å². The van der Waals surface area contributed by atoms with Crippen LogP contribution in [0, 0.1) is 0 Å². The van der Waals surface area contributed by atoms with Crippen molar-refractivity contribution in [1.82, 2.24) is 19.6 Å². The van der Waals surface area contributed by atoms with Crippen LogP contribution in [0.15, 0.2) is 24.0 Å². The molecule has 0 radical (unpaired) electrons. The fourth-order valence-corrected chi connectivity index (χ4v) is 2.39. The van der Waals surface area contributed by atoms with E-state index < -0.39 is 0 Å². The highest BCUT2D eigenvalue weighted by Gasteiger charge is 2.13. The summed E-state index contributed by atoms with van der Waals surface area (Å²) in [5.74, 6) is 0.660. The molecule has 0 aromatic carbocycles. The molecule has 3 heterocycles. The molecular formula is C10H11N5OS. The molecule has 88 valence electrons. The second-order valence-electron chi connectivity index (χ2n) is 3.46. The number of ether oxygens (including phenoxy) is 1. The number of nitrogens with zero attached hydrogens (tertiary/aromatic N) is 3. The Labute approximate surface area is 101 Å². The van der Waals surface area contributed by atoms with Gasteiger partial charge < -0.3 is 10.1 Å². The third-order valence-electron chi connectivity index (χ3n) is 2.48. The zero-order valence-corrected chi connectivity index (χ0v) is 9.99. The molecule has 0 atom stereocenters. The minimum Gasteiger partial charge on any atom is -0.480 e. The van der Waals surface area contributed by atoms with E-state index >= 15 is 0 Å². The summed E-state index contributed by atoms with van der Waals surface area (Å²) in [6, 6.07) is 0. The van der Waals surface area contributed by atoms with Gasteiger partial charge in [-0.3, -0.25) is 9.50 Å². The molecule has 0 saturated heterocycles. The quantitative estimate of drug-likeness (QED) is 0.739. The second kappa shape index (κ2) is 4.10. The van der Waals surface area contributed by atoms with Crippen molar-refractivity contribution < 1.29 is 4.74 Å². The average molecular weight is 249 g/mol. The highest BCUT2D eigenvalue weighted by atomic mass is 32.1. The van der Waals surface area contributed by atoms with Gasteiger partial charge in [0.15, 0.2) is 4.96 Å². The number of aromatic nitrogens is 4. The van der Waals surface area contributed by atoms with Gasteiger partial charge in [-0.05, 0) is 0 Å². The summed E-state index contributed by atoms with van der Waals surface area (Å²) in [5.41, 5.74) is 1.95. The van der Waals surface area contributed by atoms with Gasteiger partial charge in [0, 0.05) is 17.8 Å². The monoisotopic (exact) mass is 249 g/mol. The lowest BCUT2D eigenvalue weighted by Gasteiger charge is -2.04. The van der Waals surface area contributed by atoms with Gasteiger partial charge in [0.2, 0.25) is 5.88 Å². The second-order valence-corrected chi connectivity index (χ2v) is 4.34. The van der Waals surface area contributed by atoms with Crippen LogP contribution in [0.5, 0.6) is 5.88 Å². The minimum absolute atomic E-state index is 0.639. The maximum Gasteiger partial charge on any atom is 0.238 e. The largest absolute Gasteiger partial charge is 0.480 e. The van der Waals surface area contributed by atoms with Gasteiger partial charge in [-0.2, -0.15) is 10.1 Å². The van der Waals surface area contributed by atoms with Gasteiger partial charge in [-0.25, -0.2) is 0 Å². The topological polar surface area (TPSA) is 67.2 Å². The molecule has 0 aliphatic carbocycles. The van der Waals surface area contributed by atoms with Gasteiger partial charge in [0.25, 0.3) is 0 Å². The number of rotatable bonds is 4. The standard InChI is InChI=1S/C10H11N5OS/c1-16-9-8(6-11-7-4-12-13-5-7)15-2-3-17-10(15)14-9/h2-5,11H,6H2,1H3,(H,12,13). The molecule has 3 aromatic rings. The number of nitrogens with one attached hydrogen (secondary N) is 2. The normalized spacial score (nSPS) is 10.9. The number of hydrogen-bond acceptors (Lipinski definition) is 5. The van der Waals surface area contributed by atoms with Crippen LogP contribution >= 0.6 is 11.3 Å². The first-order valence-electron chi connectivity index (χ1n) is 5.09. The van der Waals surface area contributed by atoms with Crippen LogP contribution in [0.25, 0.3) is 4.96 Å². The van der Waals surface area contributed by atoms with Crippen molar-refractivity contribution in [3.63, 3.8) is 0 Å². The number of hydrogen-bond donors (Lipinski definition) is 2. The van der Waals surface area contributed by atoms with Crippen molar-refractivity contribution in [2.24, 2.45) is 0 Å². The molecule has 0 unspecified atom stereocenters. The van der Waals surface area contributed by atoms with E-state index in [1.165, 1.54) is 0 Å². The summed E-state index contributed by atoms with van der Waals surface area (Å²) in [5, 5.41) is 11.9. The number of methoxy groups -OCH3 is 1. The number of anilines is 1. The molecule has 3 aromatic heterocycles.